The summed E-state index contributed by atoms with van der Waals surface area (Å²) in [7, 11) is 1.73. The van der Waals surface area contributed by atoms with Crippen molar-refractivity contribution in [3.8, 4) is 0 Å². The molecule has 0 spiro atoms. The fraction of sp³-hybridized carbons (Fsp3) is 0.872. The van der Waals surface area contributed by atoms with Crippen LogP contribution < -0.4 is 39.1 Å². The maximum Gasteiger partial charge on any atom is 0.320 e. The number of nitrogens with two attached hydrogens (primary N) is 4. The first-order valence-electron chi connectivity index (χ1n) is 20.9. The molecule has 0 aliphatic rings. The summed E-state index contributed by atoms with van der Waals surface area (Å²) in [4.78, 5) is 40.5. The predicted molar refractivity (Wildman–Crippen MR) is 217 cm³/mol. The van der Waals surface area contributed by atoms with Crippen LogP contribution in [-0.4, -0.2) is 66.8 Å². The highest BCUT2D eigenvalue weighted by Gasteiger charge is 2.38. The van der Waals surface area contributed by atoms with Crippen LogP contribution in [0.4, 0.5) is 0 Å². The predicted octanol–water partition coefficient (Wildman–Crippen LogP) is 6.10. The van der Waals surface area contributed by atoms with Gasteiger partial charge in [0, 0.05) is 6.54 Å². The Balaban J connectivity index is 5.04. The third-order valence-corrected chi connectivity index (χ3v) is 9.85. The summed E-state index contributed by atoms with van der Waals surface area (Å²) in [6.07, 6.45) is 29.0. The zero-order valence-electron chi connectivity index (χ0n) is 33.7. The van der Waals surface area contributed by atoms with Crippen LogP contribution in [-0.2, 0) is 14.4 Å². The molecule has 0 saturated heterocycles. The van der Waals surface area contributed by atoms with Crippen LogP contribution in [0.1, 0.15) is 187 Å². The van der Waals surface area contributed by atoms with Crippen LogP contribution in [0.15, 0.2) is 10.2 Å². The molecule has 13 heteroatoms. The zero-order chi connectivity index (χ0) is 38.7. The Labute approximate surface area is 317 Å². The van der Waals surface area contributed by atoms with Crippen molar-refractivity contribution < 1.29 is 18.9 Å². The summed E-state index contributed by atoms with van der Waals surface area (Å²) in [5.41, 5.74) is 27.2. The van der Waals surface area contributed by atoms with Crippen molar-refractivity contribution in [2.45, 2.75) is 193 Å². The van der Waals surface area contributed by atoms with E-state index < -0.39 is 6.04 Å². The van der Waals surface area contributed by atoms with E-state index in [-0.39, 0.29) is 47.2 Å². The molecule has 0 aliphatic carbocycles. The van der Waals surface area contributed by atoms with E-state index in [4.69, 9.17) is 22.9 Å². The Hall–Kier alpha value is -3.09. The van der Waals surface area contributed by atoms with Gasteiger partial charge in [0.25, 0.3) is 0 Å². The van der Waals surface area contributed by atoms with E-state index in [0.29, 0.717) is 38.6 Å². The molecule has 0 heterocycles. The average molecular weight is 738 g/mol. The number of carbonyl (C=O) groups is 3. The highest BCUT2D eigenvalue weighted by Crippen LogP contribution is 2.18. The number of hydrogen-bond acceptors (Lipinski definition) is 7. The third kappa shape index (κ3) is 27.5. The van der Waals surface area contributed by atoms with Gasteiger partial charge < -0.3 is 33.7 Å². The zero-order valence-corrected chi connectivity index (χ0v) is 33.7. The van der Waals surface area contributed by atoms with Crippen molar-refractivity contribution in [1.29, 1.82) is 0 Å². The molecule has 3 amide bonds. The number of nitrogens with zero attached hydrogens (tertiary/aromatic N) is 3. The molecule has 0 bridgehead atoms. The van der Waals surface area contributed by atoms with Gasteiger partial charge in [-0.05, 0) is 32.1 Å². The molecular formula is C39H81N10O3+. The van der Waals surface area contributed by atoms with Crippen molar-refractivity contribution in [1.82, 2.24) is 16.2 Å². The standard InChI is InChI=1S/C39H80N10O3/c1-4-6-8-10-12-14-16-18-20-22-24-29-35(50)49(3,36(51)30-25-23-21-19-17-15-13-11-9-7-5-2)33-32-44-37(52)34(46-48-39(42)43)28-26-27-31-45-47-38(40)41/h34,45-46H,4-33H2,1-3H3,(H8-,40,41,42,43,44,47,48,52)/p+1/t34-/m0/s1. The minimum atomic E-state index is -0.692. The smallest absolute Gasteiger partial charge is 0.320 e. The molecule has 0 radical (unpaired) electrons. The van der Waals surface area contributed by atoms with E-state index in [9.17, 15) is 14.4 Å². The molecule has 304 valence electrons. The lowest BCUT2D eigenvalue weighted by atomic mass is 10.0. The first-order chi connectivity index (χ1) is 25.1. The van der Waals surface area contributed by atoms with E-state index >= 15 is 0 Å². The molecule has 1 atom stereocenters. The van der Waals surface area contributed by atoms with Gasteiger partial charge in [-0.1, -0.05) is 142 Å². The highest BCUT2D eigenvalue weighted by atomic mass is 16.2. The van der Waals surface area contributed by atoms with Crippen molar-refractivity contribution >= 4 is 29.6 Å². The maximum absolute atomic E-state index is 13.7. The molecule has 0 aliphatic heterocycles. The van der Waals surface area contributed by atoms with Gasteiger partial charge in [0.1, 0.15) is 12.6 Å². The van der Waals surface area contributed by atoms with Crippen LogP contribution in [0, 0.1) is 0 Å². The van der Waals surface area contributed by atoms with Gasteiger partial charge in [0.15, 0.2) is 0 Å². The summed E-state index contributed by atoms with van der Waals surface area (Å²) >= 11 is 0. The third-order valence-electron chi connectivity index (χ3n) is 9.85. The van der Waals surface area contributed by atoms with Crippen LogP contribution >= 0.6 is 0 Å². The van der Waals surface area contributed by atoms with Crippen molar-refractivity contribution in [2.75, 3.05) is 26.7 Å². The second kappa shape index (κ2) is 33.7. The highest BCUT2D eigenvalue weighted by molar-refractivity contribution is 5.85. The number of hydrogen-bond donors (Lipinski definition) is 7. The Morgan fingerprint density at radius 2 is 0.942 bits per heavy atom. The number of carbonyl (C=O) groups excluding carboxylic acids is 3. The Bertz CT molecular complexity index is 930. The van der Waals surface area contributed by atoms with Gasteiger partial charge in [-0.2, -0.15) is 4.48 Å². The molecule has 0 saturated carbocycles. The normalized spacial score (nSPS) is 11.8. The summed E-state index contributed by atoms with van der Waals surface area (Å²) in [5, 5.41) is 10.5. The second-order valence-corrected chi connectivity index (χ2v) is 14.7. The topological polar surface area (TPSA) is 216 Å². The number of likely N-dealkylation sites (N-methyl/N-ethyl adjacent to an activating group) is 1. The number of guanidine groups is 2. The van der Waals surface area contributed by atoms with Gasteiger partial charge in [-0.15, -0.1) is 10.2 Å². The largest absolute Gasteiger partial charge is 0.369 e. The molecule has 0 aromatic rings. The maximum atomic E-state index is 13.7. The fourth-order valence-electron chi connectivity index (χ4n) is 6.40. The number of amides is 3. The van der Waals surface area contributed by atoms with Gasteiger partial charge in [-0.3, -0.25) is 10.2 Å². The first kappa shape index (κ1) is 48.9. The van der Waals surface area contributed by atoms with Gasteiger partial charge in [-0.25, -0.2) is 9.59 Å². The lowest BCUT2D eigenvalue weighted by Gasteiger charge is -2.29. The molecule has 0 aromatic carbocycles. The number of unbranched alkanes of at least 4 members (excludes halogenated alkanes) is 21. The average Bonchev–Trinajstić information content (AvgIpc) is 3.11. The fourth-order valence-corrected chi connectivity index (χ4v) is 6.40. The number of hydrazone groups is 2. The number of quaternary nitrogens is 1. The lowest BCUT2D eigenvalue weighted by molar-refractivity contribution is -0.757. The van der Waals surface area contributed by atoms with Crippen LogP contribution in [0.3, 0.4) is 0 Å². The summed E-state index contributed by atoms with van der Waals surface area (Å²) < 4.78 is -0.293. The van der Waals surface area contributed by atoms with Gasteiger partial charge >= 0.3 is 11.8 Å². The molecule has 11 N–H and O–H groups in total. The van der Waals surface area contributed by atoms with Crippen LogP contribution in [0.2, 0.25) is 0 Å². The van der Waals surface area contributed by atoms with Crippen molar-refractivity contribution in [3.05, 3.63) is 0 Å². The van der Waals surface area contributed by atoms with Crippen molar-refractivity contribution in [3.63, 3.8) is 0 Å². The Kier molecular flexibility index (Phi) is 31.7. The summed E-state index contributed by atoms with van der Waals surface area (Å²) in [5.74, 6) is -0.670. The Morgan fingerprint density at radius 1 is 0.538 bits per heavy atom. The summed E-state index contributed by atoms with van der Waals surface area (Å²) in [6.45, 7) is 5.40. The molecular weight excluding hydrogens is 656 g/mol. The van der Waals surface area contributed by atoms with Crippen molar-refractivity contribution in [2.24, 2.45) is 33.1 Å². The van der Waals surface area contributed by atoms with Crippen LogP contribution in [0.5, 0.6) is 0 Å². The monoisotopic (exact) mass is 738 g/mol. The number of nitrogens with one attached hydrogen (secondary N) is 3. The first-order valence-corrected chi connectivity index (χ1v) is 20.9. The van der Waals surface area contributed by atoms with E-state index in [0.717, 1.165) is 38.5 Å². The molecule has 0 fully saturated rings. The number of rotatable bonds is 36. The quantitative estimate of drug-likeness (QED) is 0.0130. The SMILES string of the molecule is CCCCCCCCCCCCCC(=O)[N+](C)(CCNC(=O)[C@H](CCCCNN=C(N)N)NN=C(N)N)C(=O)CCCCCCCCCCCCC. The van der Waals surface area contributed by atoms with E-state index in [1.807, 2.05) is 0 Å². The Morgan fingerprint density at radius 3 is 1.35 bits per heavy atom. The summed E-state index contributed by atoms with van der Waals surface area (Å²) in [6, 6.07) is -0.692. The lowest BCUT2D eigenvalue weighted by Crippen LogP contribution is -2.57. The second-order valence-electron chi connectivity index (χ2n) is 14.7. The van der Waals surface area contributed by atoms with E-state index in [2.05, 4.69) is 40.2 Å². The van der Waals surface area contributed by atoms with Gasteiger partial charge in [0.05, 0.1) is 26.4 Å². The molecule has 52 heavy (non-hydrogen) atoms. The molecule has 0 rings (SSSR count). The number of imide groups is 1. The minimum absolute atomic E-state index is 0.0494. The minimum Gasteiger partial charge on any atom is -0.369 e. The van der Waals surface area contributed by atoms with Crippen LogP contribution in [0.25, 0.3) is 0 Å². The van der Waals surface area contributed by atoms with E-state index in [1.54, 1.807) is 7.05 Å². The molecule has 0 aromatic heterocycles. The molecule has 0 unspecified atom stereocenters. The van der Waals surface area contributed by atoms with Gasteiger partial charge in [0.2, 0.25) is 17.8 Å². The van der Waals surface area contributed by atoms with E-state index in [1.165, 1.54) is 103 Å². The molecule has 13 nitrogen and oxygen atoms in total.